The van der Waals surface area contributed by atoms with E-state index in [2.05, 4.69) is 0 Å². The van der Waals surface area contributed by atoms with Crippen molar-refractivity contribution in [2.45, 2.75) is 50.0 Å². The highest BCUT2D eigenvalue weighted by Gasteiger charge is 2.22. The van der Waals surface area contributed by atoms with Gasteiger partial charge < -0.3 is 9.80 Å². The van der Waals surface area contributed by atoms with Gasteiger partial charge >= 0.3 is 0 Å². The van der Waals surface area contributed by atoms with Crippen LogP contribution in [0.1, 0.15) is 49.4 Å². The van der Waals surface area contributed by atoms with E-state index < -0.39 is 0 Å². The molecule has 0 atom stereocenters. The number of carbonyl (C=O) groups is 2. The highest BCUT2D eigenvalue weighted by atomic mass is 32.2. The number of hydrogen-bond donors (Lipinski definition) is 0. The molecule has 0 unspecified atom stereocenters. The van der Waals surface area contributed by atoms with E-state index >= 15 is 0 Å². The fraction of sp³-hybridized carbons (Fsp3) is 0.579. The summed E-state index contributed by atoms with van der Waals surface area (Å²) < 4.78 is 0. The van der Waals surface area contributed by atoms with Crippen molar-refractivity contribution >= 4 is 23.6 Å². The molecule has 2 amide bonds. The largest absolute Gasteiger partial charge is 0.342 e. The van der Waals surface area contributed by atoms with E-state index in [1.165, 1.54) is 31.0 Å². The zero-order valence-electron chi connectivity index (χ0n) is 15.0. The van der Waals surface area contributed by atoms with Crippen molar-refractivity contribution in [3.05, 3.63) is 29.8 Å². The second-order valence-corrected chi connectivity index (χ2v) is 7.42. The molecule has 1 saturated carbocycles. The van der Waals surface area contributed by atoms with Crippen LogP contribution in [-0.4, -0.2) is 54.0 Å². The van der Waals surface area contributed by atoms with Gasteiger partial charge in [0.1, 0.15) is 0 Å². The molecule has 0 saturated heterocycles. The van der Waals surface area contributed by atoms with E-state index in [0.717, 1.165) is 17.7 Å². The van der Waals surface area contributed by atoms with Crippen LogP contribution in [0.3, 0.4) is 0 Å². The van der Waals surface area contributed by atoms with Crippen molar-refractivity contribution in [1.82, 2.24) is 9.80 Å². The highest BCUT2D eigenvalue weighted by Crippen LogP contribution is 2.26. The molecule has 1 aromatic carbocycles. The number of thioether (sulfide) groups is 1. The summed E-state index contributed by atoms with van der Waals surface area (Å²) in [5.41, 5.74) is 0.681. The van der Waals surface area contributed by atoms with E-state index in [1.807, 2.05) is 43.1 Å². The fourth-order valence-corrected chi connectivity index (χ4v) is 4.00. The Bertz CT molecular complexity index is 570. The number of amides is 2. The molecule has 0 spiro atoms. The van der Waals surface area contributed by atoms with Gasteiger partial charge in [-0.1, -0.05) is 31.4 Å². The summed E-state index contributed by atoms with van der Waals surface area (Å²) in [7, 11) is 3.71. The monoisotopic (exact) mass is 348 g/mol. The number of benzene rings is 1. The molecule has 132 valence electrons. The van der Waals surface area contributed by atoms with Crippen molar-refractivity contribution < 1.29 is 9.59 Å². The molecule has 0 radical (unpaired) electrons. The first-order valence-electron chi connectivity index (χ1n) is 8.77. The van der Waals surface area contributed by atoms with Crippen LogP contribution < -0.4 is 0 Å². The molecule has 24 heavy (non-hydrogen) atoms. The summed E-state index contributed by atoms with van der Waals surface area (Å²) in [5, 5.41) is 0. The molecule has 1 fully saturated rings. The predicted octanol–water partition coefficient (Wildman–Crippen LogP) is 3.66. The summed E-state index contributed by atoms with van der Waals surface area (Å²) >= 11 is 1.46. The molecular formula is C19H28N2O2S. The van der Waals surface area contributed by atoms with Crippen molar-refractivity contribution in [2.75, 3.05) is 26.4 Å². The fourth-order valence-electron chi connectivity index (χ4n) is 3.03. The molecule has 1 aliphatic carbocycles. The maximum atomic E-state index is 12.5. The Morgan fingerprint density at radius 1 is 1.12 bits per heavy atom. The molecule has 1 aromatic rings. The van der Waals surface area contributed by atoms with E-state index in [0.29, 0.717) is 23.9 Å². The maximum absolute atomic E-state index is 12.5. The Hall–Kier alpha value is -1.49. The Morgan fingerprint density at radius 3 is 2.46 bits per heavy atom. The average molecular weight is 349 g/mol. The van der Waals surface area contributed by atoms with Crippen LogP contribution in [0.5, 0.6) is 0 Å². The van der Waals surface area contributed by atoms with Gasteiger partial charge in [-0.2, -0.15) is 0 Å². The van der Waals surface area contributed by atoms with Gasteiger partial charge in [0.15, 0.2) is 0 Å². The van der Waals surface area contributed by atoms with Crippen molar-refractivity contribution in [1.29, 1.82) is 0 Å². The standard InChI is InChI=1S/C19H28N2O2S/c1-4-20(2)19(23)16-12-8-9-13-17(16)24-14-18(22)21(3)15-10-6-5-7-11-15/h8-9,12-13,15H,4-7,10-11,14H2,1-3H3. The second-order valence-electron chi connectivity index (χ2n) is 6.40. The topological polar surface area (TPSA) is 40.6 Å². The zero-order valence-corrected chi connectivity index (χ0v) is 15.8. The maximum Gasteiger partial charge on any atom is 0.254 e. The molecule has 0 N–H and O–H groups in total. The summed E-state index contributed by atoms with van der Waals surface area (Å²) in [6, 6.07) is 7.94. The Kier molecular flexibility index (Phi) is 7.16. The first-order chi connectivity index (χ1) is 11.5. The first kappa shape index (κ1) is 18.8. The van der Waals surface area contributed by atoms with Gasteiger partial charge in [0.05, 0.1) is 11.3 Å². The second kappa shape index (κ2) is 9.11. The number of nitrogens with zero attached hydrogens (tertiary/aromatic N) is 2. The Labute approximate surface area is 149 Å². The third-order valence-electron chi connectivity index (χ3n) is 4.81. The van der Waals surface area contributed by atoms with Crippen LogP contribution in [-0.2, 0) is 4.79 Å². The van der Waals surface area contributed by atoms with Gasteiger partial charge in [-0.05, 0) is 31.9 Å². The number of rotatable bonds is 6. The van der Waals surface area contributed by atoms with E-state index in [9.17, 15) is 9.59 Å². The quantitative estimate of drug-likeness (QED) is 0.737. The smallest absolute Gasteiger partial charge is 0.254 e. The molecule has 0 heterocycles. The Morgan fingerprint density at radius 2 is 1.79 bits per heavy atom. The van der Waals surface area contributed by atoms with E-state index in [-0.39, 0.29) is 11.8 Å². The number of carbonyl (C=O) groups excluding carboxylic acids is 2. The number of hydrogen-bond acceptors (Lipinski definition) is 3. The van der Waals surface area contributed by atoms with Crippen molar-refractivity contribution in [3.8, 4) is 0 Å². The van der Waals surface area contributed by atoms with Crippen LogP contribution >= 0.6 is 11.8 Å². The summed E-state index contributed by atoms with van der Waals surface area (Å²) in [4.78, 5) is 29.4. The average Bonchev–Trinajstić information content (AvgIpc) is 2.65. The molecule has 0 aliphatic heterocycles. The first-order valence-corrected chi connectivity index (χ1v) is 9.76. The molecule has 4 nitrogen and oxygen atoms in total. The van der Waals surface area contributed by atoms with Gasteiger partial charge in [-0.25, -0.2) is 0 Å². The van der Waals surface area contributed by atoms with Gasteiger partial charge in [-0.3, -0.25) is 9.59 Å². The van der Waals surface area contributed by atoms with Gasteiger partial charge in [0.2, 0.25) is 5.91 Å². The summed E-state index contributed by atoms with van der Waals surface area (Å²) in [5.74, 6) is 0.541. The molecule has 1 aliphatic rings. The predicted molar refractivity (Wildman–Crippen MR) is 99.4 cm³/mol. The van der Waals surface area contributed by atoms with Crippen molar-refractivity contribution in [3.63, 3.8) is 0 Å². The highest BCUT2D eigenvalue weighted by molar-refractivity contribution is 8.00. The van der Waals surface area contributed by atoms with Gasteiger partial charge in [0.25, 0.3) is 5.91 Å². The Balaban J connectivity index is 1.98. The van der Waals surface area contributed by atoms with Gasteiger partial charge in [0, 0.05) is 31.6 Å². The normalized spacial score (nSPS) is 15.1. The third kappa shape index (κ3) is 4.76. The SMILES string of the molecule is CCN(C)C(=O)c1ccccc1SCC(=O)N(C)C1CCCCC1. The summed E-state index contributed by atoms with van der Waals surface area (Å²) in [6.07, 6.45) is 5.95. The van der Waals surface area contributed by atoms with Crippen LogP contribution in [0.4, 0.5) is 0 Å². The third-order valence-corrected chi connectivity index (χ3v) is 5.86. The van der Waals surface area contributed by atoms with Crippen LogP contribution in [0.2, 0.25) is 0 Å². The molecule has 5 heteroatoms. The lowest BCUT2D eigenvalue weighted by Gasteiger charge is -2.31. The molecule has 0 aromatic heterocycles. The minimum Gasteiger partial charge on any atom is -0.342 e. The van der Waals surface area contributed by atoms with E-state index in [4.69, 9.17) is 0 Å². The lowest BCUT2D eigenvalue weighted by molar-refractivity contribution is -0.129. The summed E-state index contributed by atoms with van der Waals surface area (Å²) in [6.45, 7) is 2.62. The van der Waals surface area contributed by atoms with Gasteiger partial charge in [-0.15, -0.1) is 11.8 Å². The van der Waals surface area contributed by atoms with E-state index in [1.54, 1.807) is 11.9 Å². The lowest BCUT2D eigenvalue weighted by Crippen LogP contribution is -2.39. The molecule has 2 rings (SSSR count). The lowest BCUT2D eigenvalue weighted by atomic mass is 9.94. The zero-order chi connectivity index (χ0) is 17.5. The minimum atomic E-state index is 0.00804. The molecular weight excluding hydrogens is 320 g/mol. The van der Waals surface area contributed by atoms with Crippen molar-refractivity contribution in [2.24, 2.45) is 0 Å². The minimum absolute atomic E-state index is 0.00804. The van der Waals surface area contributed by atoms with Crippen LogP contribution in [0.15, 0.2) is 29.2 Å². The van der Waals surface area contributed by atoms with Crippen LogP contribution in [0.25, 0.3) is 0 Å². The molecule has 0 bridgehead atoms. The van der Waals surface area contributed by atoms with Crippen LogP contribution in [0, 0.1) is 0 Å².